The standard InChI is InChI=1S/C25H24N4OS/c1-18-13-14-19(2)22(15-18)29-24(21-11-7-4-8-12-21)27-28(25(29)31)17-23(30)26-16-20-9-5-3-6-10-20/h3-15H,16-17H2,1-2H3,(H,26,30). The van der Waals surface area contributed by atoms with Crippen LogP contribution in [0, 0.1) is 18.6 Å². The van der Waals surface area contributed by atoms with Crippen LogP contribution in [-0.4, -0.2) is 20.3 Å². The van der Waals surface area contributed by atoms with Crippen LogP contribution in [0.5, 0.6) is 0 Å². The van der Waals surface area contributed by atoms with Crippen molar-refractivity contribution in [1.29, 1.82) is 0 Å². The van der Waals surface area contributed by atoms with Crippen LogP contribution in [0.25, 0.3) is 17.1 Å². The zero-order valence-corrected chi connectivity index (χ0v) is 18.4. The van der Waals surface area contributed by atoms with Crippen molar-refractivity contribution in [2.24, 2.45) is 0 Å². The molecule has 1 aromatic heterocycles. The Morgan fingerprint density at radius 2 is 1.65 bits per heavy atom. The molecule has 0 spiro atoms. The molecule has 4 rings (SSSR count). The quantitative estimate of drug-likeness (QED) is 0.440. The lowest BCUT2D eigenvalue weighted by atomic mass is 10.1. The van der Waals surface area contributed by atoms with Crippen molar-refractivity contribution in [3.63, 3.8) is 0 Å². The Balaban J connectivity index is 1.69. The molecule has 0 bridgehead atoms. The minimum absolute atomic E-state index is 0.0589. The van der Waals surface area contributed by atoms with Gasteiger partial charge >= 0.3 is 0 Å². The first-order chi connectivity index (χ1) is 15.0. The average Bonchev–Trinajstić information content (AvgIpc) is 3.11. The number of rotatable bonds is 6. The first kappa shape index (κ1) is 20.8. The van der Waals surface area contributed by atoms with E-state index >= 15 is 0 Å². The smallest absolute Gasteiger partial charge is 0.242 e. The Morgan fingerprint density at radius 3 is 2.35 bits per heavy atom. The highest BCUT2D eigenvalue weighted by Gasteiger charge is 2.17. The fourth-order valence-corrected chi connectivity index (χ4v) is 3.74. The second-order valence-corrected chi connectivity index (χ2v) is 7.88. The van der Waals surface area contributed by atoms with Gasteiger partial charge in [0.2, 0.25) is 10.7 Å². The molecule has 0 aliphatic heterocycles. The van der Waals surface area contributed by atoms with E-state index in [1.807, 2.05) is 65.2 Å². The van der Waals surface area contributed by atoms with E-state index < -0.39 is 0 Å². The lowest BCUT2D eigenvalue weighted by molar-refractivity contribution is -0.122. The number of carbonyl (C=O) groups excluding carboxylic acids is 1. The average molecular weight is 429 g/mol. The number of hydrogen-bond acceptors (Lipinski definition) is 3. The number of aromatic nitrogens is 3. The van der Waals surface area contributed by atoms with Gasteiger partial charge in [0.1, 0.15) is 6.54 Å². The zero-order valence-electron chi connectivity index (χ0n) is 17.6. The number of carbonyl (C=O) groups is 1. The van der Waals surface area contributed by atoms with Crippen molar-refractivity contribution in [3.05, 3.63) is 100 Å². The van der Waals surface area contributed by atoms with Gasteiger partial charge in [-0.1, -0.05) is 72.8 Å². The summed E-state index contributed by atoms with van der Waals surface area (Å²) >= 11 is 5.78. The van der Waals surface area contributed by atoms with E-state index in [4.69, 9.17) is 17.3 Å². The molecule has 156 valence electrons. The number of aryl methyl sites for hydroxylation is 2. The van der Waals surface area contributed by atoms with Crippen LogP contribution in [0.15, 0.2) is 78.9 Å². The Hall–Kier alpha value is -3.51. The third-order valence-corrected chi connectivity index (χ3v) is 5.50. The maximum absolute atomic E-state index is 12.6. The number of amides is 1. The summed E-state index contributed by atoms with van der Waals surface area (Å²) in [6.07, 6.45) is 0. The topological polar surface area (TPSA) is 51.9 Å². The SMILES string of the molecule is Cc1ccc(C)c(-n2c(-c3ccccc3)nn(CC(=O)NCc3ccccc3)c2=S)c1. The maximum Gasteiger partial charge on any atom is 0.242 e. The fourth-order valence-electron chi connectivity index (χ4n) is 3.45. The number of hydrogen-bond donors (Lipinski definition) is 1. The van der Waals surface area contributed by atoms with E-state index in [9.17, 15) is 4.79 Å². The van der Waals surface area contributed by atoms with Crippen LogP contribution >= 0.6 is 12.2 Å². The van der Waals surface area contributed by atoms with Gasteiger partial charge in [-0.2, -0.15) is 5.10 Å². The molecule has 1 amide bonds. The highest BCUT2D eigenvalue weighted by atomic mass is 32.1. The van der Waals surface area contributed by atoms with Crippen LogP contribution in [0.2, 0.25) is 0 Å². The molecule has 0 aliphatic carbocycles. The summed E-state index contributed by atoms with van der Waals surface area (Å²) in [6.45, 7) is 4.63. The van der Waals surface area contributed by atoms with Crippen LogP contribution < -0.4 is 5.32 Å². The maximum atomic E-state index is 12.6. The van der Waals surface area contributed by atoms with Gasteiger partial charge in [0.25, 0.3) is 0 Å². The molecule has 0 fully saturated rings. The van der Waals surface area contributed by atoms with E-state index in [1.54, 1.807) is 4.68 Å². The van der Waals surface area contributed by atoms with Gasteiger partial charge in [0.15, 0.2) is 5.82 Å². The summed E-state index contributed by atoms with van der Waals surface area (Å²) in [5.74, 6) is 0.584. The van der Waals surface area contributed by atoms with Crippen molar-refractivity contribution in [3.8, 4) is 17.1 Å². The van der Waals surface area contributed by atoms with Crippen LogP contribution in [0.3, 0.4) is 0 Å². The van der Waals surface area contributed by atoms with Crippen molar-refractivity contribution in [2.45, 2.75) is 26.9 Å². The molecule has 1 heterocycles. The van der Waals surface area contributed by atoms with Gasteiger partial charge in [-0.25, -0.2) is 4.68 Å². The molecule has 0 saturated carbocycles. The summed E-state index contributed by atoms with van der Waals surface area (Å²) in [4.78, 5) is 12.6. The lowest BCUT2D eigenvalue weighted by Gasteiger charge is -2.11. The van der Waals surface area contributed by atoms with E-state index in [0.29, 0.717) is 11.3 Å². The van der Waals surface area contributed by atoms with Crippen molar-refractivity contribution >= 4 is 18.1 Å². The number of benzene rings is 3. The Morgan fingerprint density at radius 1 is 0.968 bits per heavy atom. The van der Waals surface area contributed by atoms with Crippen LogP contribution in [0.4, 0.5) is 0 Å². The van der Waals surface area contributed by atoms with Gasteiger partial charge in [-0.05, 0) is 48.8 Å². The highest BCUT2D eigenvalue weighted by Crippen LogP contribution is 2.25. The summed E-state index contributed by atoms with van der Waals surface area (Å²) in [7, 11) is 0. The Kier molecular flexibility index (Phi) is 6.09. The Labute approximate surface area is 187 Å². The minimum atomic E-state index is -0.134. The lowest BCUT2D eigenvalue weighted by Crippen LogP contribution is -2.27. The molecule has 6 heteroatoms. The van der Waals surface area contributed by atoms with Crippen molar-refractivity contribution < 1.29 is 4.79 Å². The summed E-state index contributed by atoms with van der Waals surface area (Å²) in [5.41, 5.74) is 5.19. The third kappa shape index (κ3) is 4.64. The van der Waals surface area contributed by atoms with E-state index in [2.05, 4.69) is 37.4 Å². The van der Waals surface area contributed by atoms with Gasteiger partial charge in [0.05, 0.1) is 5.69 Å². The number of nitrogens with one attached hydrogen (secondary N) is 1. The molecule has 0 unspecified atom stereocenters. The summed E-state index contributed by atoms with van der Waals surface area (Å²) in [6, 6.07) is 26.0. The molecule has 4 aromatic rings. The molecule has 1 N–H and O–H groups in total. The normalized spacial score (nSPS) is 10.8. The van der Waals surface area contributed by atoms with Crippen molar-refractivity contribution in [1.82, 2.24) is 19.7 Å². The molecule has 31 heavy (non-hydrogen) atoms. The number of nitrogens with zero attached hydrogens (tertiary/aromatic N) is 3. The second-order valence-electron chi connectivity index (χ2n) is 7.52. The minimum Gasteiger partial charge on any atom is -0.350 e. The van der Waals surface area contributed by atoms with Gasteiger partial charge in [-0.15, -0.1) is 0 Å². The molecule has 5 nitrogen and oxygen atoms in total. The van der Waals surface area contributed by atoms with Gasteiger partial charge < -0.3 is 5.32 Å². The van der Waals surface area contributed by atoms with E-state index in [1.165, 1.54) is 0 Å². The van der Waals surface area contributed by atoms with E-state index in [-0.39, 0.29) is 12.5 Å². The predicted octanol–water partition coefficient (Wildman–Crippen LogP) is 5.00. The molecule has 0 radical (unpaired) electrons. The molecule has 3 aromatic carbocycles. The molecule has 0 aliphatic rings. The molecule has 0 atom stereocenters. The van der Waals surface area contributed by atoms with Crippen LogP contribution in [-0.2, 0) is 17.9 Å². The largest absolute Gasteiger partial charge is 0.350 e. The molecular formula is C25H24N4OS. The first-order valence-electron chi connectivity index (χ1n) is 10.2. The van der Waals surface area contributed by atoms with Crippen LogP contribution in [0.1, 0.15) is 16.7 Å². The van der Waals surface area contributed by atoms with E-state index in [0.717, 1.165) is 33.8 Å². The summed E-state index contributed by atoms with van der Waals surface area (Å²) in [5, 5.41) is 7.68. The highest BCUT2D eigenvalue weighted by molar-refractivity contribution is 7.71. The van der Waals surface area contributed by atoms with Gasteiger partial charge in [0, 0.05) is 12.1 Å². The molecular weight excluding hydrogens is 404 g/mol. The first-order valence-corrected chi connectivity index (χ1v) is 10.6. The second kappa shape index (κ2) is 9.10. The third-order valence-electron chi connectivity index (χ3n) is 5.10. The van der Waals surface area contributed by atoms with Gasteiger partial charge in [-0.3, -0.25) is 9.36 Å². The van der Waals surface area contributed by atoms with Crippen molar-refractivity contribution in [2.75, 3.05) is 0 Å². The predicted molar refractivity (Wildman–Crippen MR) is 126 cm³/mol. The fraction of sp³-hybridized carbons (Fsp3) is 0.160. The summed E-state index contributed by atoms with van der Waals surface area (Å²) < 4.78 is 4.04. The molecule has 0 saturated heterocycles. The zero-order chi connectivity index (χ0) is 21.8. The Bertz CT molecular complexity index is 1260. The monoisotopic (exact) mass is 428 g/mol.